The van der Waals surface area contributed by atoms with Crippen molar-refractivity contribution >= 4 is 11.9 Å². The number of amides is 1. The summed E-state index contributed by atoms with van der Waals surface area (Å²) in [6.07, 6.45) is 8.06. The Hall–Kier alpha value is -2.62. The van der Waals surface area contributed by atoms with Crippen LogP contribution in [0.1, 0.15) is 62.1 Å². The summed E-state index contributed by atoms with van der Waals surface area (Å²) in [5, 5.41) is 3.05. The number of benzene rings is 2. The van der Waals surface area contributed by atoms with E-state index in [0.717, 1.165) is 28.9 Å². The Balaban J connectivity index is 1.18. The van der Waals surface area contributed by atoms with Gasteiger partial charge in [0.1, 0.15) is 0 Å². The molecule has 0 atom stereocenters. The fourth-order valence-corrected chi connectivity index (χ4v) is 6.86. The molecule has 4 heteroatoms. The molecule has 6 rings (SSSR count). The van der Waals surface area contributed by atoms with Crippen molar-refractivity contribution in [2.75, 3.05) is 6.61 Å². The van der Waals surface area contributed by atoms with Gasteiger partial charge in [0.05, 0.1) is 12.5 Å². The van der Waals surface area contributed by atoms with E-state index in [1.807, 2.05) is 60.7 Å². The lowest BCUT2D eigenvalue weighted by Crippen LogP contribution is -2.47. The molecule has 2 aromatic rings. The summed E-state index contributed by atoms with van der Waals surface area (Å²) in [7, 11) is 0. The number of ether oxygens (including phenoxy) is 1. The van der Waals surface area contributed by atoms with Gasteiger partial charge in [-0.05, 0) is 72.8 Å². The first-order valence-electron chi connectivity index (χ1n) is 11.6. The van der Waals surface area contributed by atoms with Gasteiger partial charge in [-0.3, -0.25) is 9.59 Å². The number of carbonyl (C=O) groups is 2. The average Bonchev–Trinajstić information content (AvgIpc) is 2.76. The third-order valence-corrected chi connectivity index (χ3v) is 7.62. The van der Waals surface area contributed by atoms with Crippen molar-refractivity contribution in [1.82, 2.24) is 5.32 Å². The van der Waals surface area contributed by atoms with E-state index in [0.29, 0.717) is 6.42 Å². The molecule has 4 nitrogen and oxygen atoms in total. The highest BCUT2D eigenvalue weighted by atomic mass is 16.5. The molecule has 31 heavy (non-hydrogen) atoms. The fraction of sp³-hybridized carbons (Fsp3) is 0.481. The molecule has 4 saturated carbocycles. The predicted molar refractivity (Wildman–Crippen MR) is 119 cm³/mol. The van der Waals surface area contributed by atoms with Crippen LogP contribution in [0.3, 0.4) is 0 Å². The van der Waals surface area contributed by atoms with E-state index in [4.69, 9.17) is 4.74 Å². The lowest BCUT2D eigenvalue weighted by molar-refractivity contribution is -0.155. The first-order chi connectivity index (χ1) is 15.1. The molecule has 0 heterocycles. The van der Waals surface area contributed by atoms with Gasteiger partial charge < -0.3 is 10.1 Å². The number of hydrogen-bond donors (Lipinski definition) is 1. The Morgan fingerprint density at radius 1 is 0.839 bits per heavy atom. The van der Waals surface area contributed by atoms with E-state index in [1.165, 1.54) is 38.5 Å². The smallest absolute Gasteiger partial charge is 0.306 e. The lowest BCUT2D eigenvalue weighted by atomic mass is 9.49. The van der Waals surface area contributed by atoms with E-state index < -0.39 is 0 Å². The molecule has 1 N–H and O–H groups in total. The zero-order valence-corrected chi connectivity index (χ0v) is 18.0. The van der Waals surface area contributed by atoms with Crippen LogP contribution in [0.15, 0.2) is 60.7 Å². The third-order valence-electron chi connectivity index (χ3n) is 7.62. The number of esters is 1. The Morgan fingerprint density at radius 3 is 1.81 bits per heavy atom. The zero-order chi connectivity index (χ0) is 21.3. The molecule has 0 saturated heterocycles. The predicted octanol–water partition coefficient (Wildman–Crippen LogP) is 5.04. The molecular formula is C27H31NO3. The van der Waals surface area contributed by atoms with Gasteiger partial charge in [-0.2, -0.15) is 0 Å². The second-order valence-corrected chi connectivity index (χ2v) is 10.1. The molecule has 162 valence electrons. The Kier molecular flexibility index (Phi) is 5.56. The molecule has 4 aliphatic carbocycles. The molecule has 1 amide bonds. The number of nitrogens with one attached hydrogen (secondary N) is 1. The van der Waals surface area contributed by atoms with Gasteiger partial charge >= 0.3 is 5.97 Å². The van der Waals surface area contributed by atoms with Crippen molar-refractivity contribution in [3.8, 4) is 0 Å². The van der Waals surface area contributed by atoms with Crippen LogP contribution >= 0.6 is 0 Å². The highest BCUT2D eigenvalue weighted by Crippen LogP contribution is 2.61. The standard InChI is InChI=1S/C27H31NO3/c29-24(28-26(22-7-3-1-4-8-22)23-9-5-2-6-10-23)18-31-25(30)17-27-14-19-11-20(15-27)13-21(12-19)16-27/h1-10,19-21,26H,11-18H2,(H,28,29). The van der Waals surface area contributed by atoms with Gasteiger partial charge in [0.2, 0.25) is 0 Å². The number of rotatable bonds is 7. The molecular weight excluding hydrogens is 386 g/mol. The Morgan fingerprint density at radius 2 is 1.32 bits per heavy atom. The maximum Gasteiger partial charge on any atom is 0.306 e. The van der Waals surface area contributed by atoms with Crippen LogP contribution in [-0.2, 0) is 14.3 Å². The minimum atomic E-state index is -0.267. The molecule has 0 spiro atoms. The normalized spacial score (nSPS) is 28.5. The minimum absolute atomic E-state index is 0.138. The summed E-state index contributed by atoms with van der Waals surface area (Å²) < 4.78 is 5.46. The van der Waals surface area contributed by atoms with Crippen molar-refractivity contribution in [1.29, 1.82) is 0 Å². The topological polar surface area (TPSA) is 55.4 Å². The van der Waals surface area contributed by atoms with E-state index in [1.54, 1.807) is 0 Å². The Labute approximate surface area is 184 Å². The van der Waals surface area contributed by atoms with Crippen molar-refractivity contribution < 1.29 is 14.3 Å². The van der Waals surface area contributed by atoms with Crippen LogP contribution in [0.4, 0.5) is 0 Å². The molecule has 0 radical (unpaired) electrons. The van der Waals surface area contributed by atoms with Crippen LogP contribution in [0.25, 0.3) is 0 Å². The van der Waals surface area contributed by atoms with Crippen LogP contribution in [0.5, 0.6) is 0 Å². The molecule has 0 aromatic heterocycles. The monoisotopic (exact) mass is 417 g/mol. The molecule has 0 aliphatic heterocycles. The quantitative estimate of drug-likeness (QED) is 0.642. The van der Waals surface area contributed by atoms with Crippen LogP contribution in [0, 0.1) is 23.2 Å². The van der Waals surface area contributed by atoms with Gasteiger partial charge in [0.25, 0.3) is 5.91 Å². The van der Waals surface area contributed by atoms with E-state index >= 15 is 0 Å². The van der Waals surface area contributed by atoms with E-state index in [-0.39, 0.29) is 29.9 Å². The number of hydrogen-bond acceptors (Lipinski definition) is 3. The first kappa shape index (κ1) is 20.3. The zero-order valence-electron chi connectivity index (χ0n) is 18.0. The highest BCUT2D eigenvalue weighted by Gasteiger charge is 2.51. The highest BCUT2D eigenvalue weighted by molar-refractivity contribution is 5.81. The van der Waals surface area contributed by atoms with Crippen molar-refractivity contribution in [3.63, 3.8) is 0 Å². The van der Waals surface area contributed by atoms with E-state index in [2.05, 4.69) is 5.32 Å². The number of carbonyl (C=O) groups excluding carboxylic acids is 2. The van der Waals surface area contributed by atoms with Crippen molar-refractivity contribution in [2.24, 2.45) is 23.2 Å². The van der Waals surface area contributed by atoms with Gasteiger partial charge in [0.15, 0.2) is 6.61 Å². The maximum absolute atomic E-state index is 12.7. The largest absolute Gasteiger partial charge is 0.456 e. The summed E-state index contributed by atoms with van der Waals surface area (Å²) in [6, 6.07) is 19.5. The van der Waals surface area contributed by atoms with Gasteiger partial charge in [-0.1, -0.05) is 60.7 Å². The van der Waals surface area contributed by atoms with Gasteiger partial charge in [0, 0.05) is 0 Å². The van der Waals surface area contributed by atoms with Crippen LogP contribution < -0.4 is 5.32 Å². The summed E-state index contributed by atoms with van der Waals surface area (Å²) >= 11 is 0. The molecule has 4 bridgehead atoms. The molecule has 4 aliphatic rings. The molecule has 2 aromatic carbocycles. The van der Waals surface area contributed by atoms with Gasteiger partial charge in [-0.15, -0.1) is 0 Å². The fourth-order valence-electron chi connectivity index (χ4n) is 6.86. The summed E-state index contributed by atoms with van der Waals surface area (Å²) in [6.45, 7) is -0.221. The second-order valence-electron chi connectivity index (χ2n) is 10.1. The maximum atomic E-state index is 12.7. The summed E-state index contributed by atoms with van der Waals surface area (Å²) in [5.41, 5.74) is 2.14. The second kappa shape index (κ2) is 8.49. The SMILES string of the molecule is O=C(COC(=O)CC12CC3CC(CC(C3)C1)C2)NC(c1ccccc1)c1ccccc1. The molecule has 0 unspecified atom stereocenters. The Bertz CT molecular complexity index is 849. The van der Waals surface area contributed by atoms with E-state index in [9.17, 15) is 9.59 Å². The van der Waals surface area contributed by atoms with Gasteiger partial charge in [-0.25, -0.2) is 0 Å². The average molecular weight is 418 g/mol. The van der Waals surface area contributed by atoms with Crippen LogP contribution in [0.2, 0.25) is 0 Å². The van der Waals surface area contributed by atoms with Crippen LogP contribution in [-0.4, -0.2) is 18.5 Å². The summed E-state index contributed by atoms with van der Waals surface area (Å²) in [5.74, 6) is 1.93. The molecule has 4 fully saturated rings. The minimum Gasteiger partial charge on any atom is -0.456 e. The first-order valence-corrected chi connectivity index (χ1v) is 11.6. The van der Waals surface area contributed by atoms with Crippen molar-refractivity contribution in [3.05, 3.63) is 71.8 Å². The third kappa shape index (κ3) is 4.53. The van der Waals surface area contributed by atoms with Crippen molar-refractivity contribution in [2.45, 2.75) is 51.0 Å². The lowest BCUT2D eigenvalue weighted by Gasteiger charge is -2.56. The summed E-state index contributed by atoms with van der Waals surface area (Å²) in [4.78, 5) is 25.3.